The minimum absolute atomic E-state index is 0.240. The van der Waals surface area contributed by atoms with Crippen molar-refractivity contribution in [1.29, 1.82) is 0 Å². The van der Waals surface area contributed by atoms with Crippen LogP contribution in [0.2, 0.25) is 0 Å². The van der Waals surface area contributed by atoms with Gasteiger partial charge in [-0.3, -0.25) is 0 Å². The van der Waals surface area contributed by atoms with Gasteiger partial charge in [0.15, 0.2) is 0 Å². The highest BCUT2D eigenvalue weighted by Gasteiger charge is 2.32. The number of benzene rings is 1. The number of hydrogen-bond donors (Lipinski definition) is 2. The number of ether oxygens (including phenoxy) is 1. The Kier molecular flexibility index (Phi) is 4.91. The second-order valence-electron chi connectivity index (χ2n) is 5.90. The molecule has 21 heavy (non-hydrogen) atoms. The van der Waals surface area contributed by atoms with Crippen LogP contribution >= 0.6 is 0 Å². The maximum Gasteiger partial charge on any atom is 0.241 e. The lowest BCUT2D eigenvalue weighted by Crippen LogP contribution is -2.47. The lowest BCUT2D eigenvalue weighted by Gasteiger charge is -2.34. The van der Waals surface area contributed by atoms with Gasteiger partial charge in [-0.15, -0.1) is 0 Å². The van der Waals surface area contributed by atoms with Crippen LogP contribution in [0.3, 0.4) is 0 Å². The van der Waals surface area contributed by atoms with Gasteiger partial charge in [0, 0.05) is 17.6 Å². The third kappa shape index (κ3) is 3.75. The van der Waals surface area contributed by atoms with E-state index in [9.17, 15) is 8.42 Å². The molecule has 0 bridgehead atoms. The minimum Gasteiger partial charge on any atom is -0.496 e. The zero-order valence-corrected chi connectivity index (χ0v) is 13.5. The van der Waals surface area contributed by atoms with Crippen LogP contribution in [0.25, 0.3) is 0 Å². The molecule has 0 saturated heterocycles. The molecule has 1 saturated carbocycles. The van der Waals surface area contributed by atoms with Gasteiger partial charge in [0.1, 0.15) is 5.75 Å². The van der Waals surface area contributed by atoms with Crippen molar-refractivity contribution in [3.8, 4) is 5.75 Å². The topological polar surface area (TPSA) is 81.4 Å². The largest absolute Gasteiger partial charge is 0.496 e. The highest BCUT2D eigenvalue weighted by molar-refractivity contribution is 7.89. The van der Waals surface area contributed by atoms with Gasteiger partial charge in [-0.05, 0) is 38.0 Å². The number of nitrogens with two attached hydrogens (primary N) is 1. The first kappa shape index (κ1) is 16.3. The molecular formula is C15H24N2O3S. The summed E-state index contributed by atoms with van der Waals surface area (Å²) in [4.78, 5) is 0.246. The Morgan fingerprint density at radius 3 is 2.52 bits per heavy atom. The molecule has 118 valence electrons. The summed E-state index contributed by atoms with van der Waals surface area (Å²) in [5.41, 5.74) is 6.00. The summed E-state index contributed by atoms with van der Waals surface area (Å²) in [6.45, 7) is 2.22. The average molecular weight is 312 g/mol. The van der Waals surface area contributed by atoms with Crippen LogP contribution in [-0.4, -0.2) is 21.1 Å². The first-order valence-corrected chi connectivity index (χ1v) is 8.79. The summed E-state index contributed by atoms with van der Waals surface area (Å²) in [5, 5.41) is 0. The maximum absolute atomic E-state index is 12.6. The molecule has 1 aromatic rings. The summed E-state index contributed by atoms with van der Waals surface area (Å²) >= 11 is 0. The Labute approximate surface area is 126 Å². The predicted octanol–water partition coefficient (Wildman–Crippen LogP) is 2.15. The fraction of sp³-hybridized carbons (Fsp3) is 0.600. The van der Waals surface area contributed by atoms with Crippen molar-refractivity contribution >= 4 is 10.0 Å². The van der Waals surface area contributed by atoms with Crippen LogP contribution < -0.4 is 15.2 Å². The second kappa shape index (κ2) is 6.34. The molecule has 1 aromatic carbocycles. The van der Waals surface area contributed by atoms with E-state index >= 15 is 0 Å². The normalized spacial score (nSPS) is 18.4. The molecule has 6 heteroatoms. The van der Waals surface area contributed by atoms with Crippen LogP contribution in [0.15, 0.2) is 23.1 Å². The summed E-state index contributed by atoms with van der Waals surface area (Å²) < 4.78 is 33.2. The van der Waals surface area contributed by atoms with Gasteiger partial charge in [-0.2, -0.15) is 0 Å². The van der Waals surface area contributed by atoms with Crippen molar-refractivity contribution < 1.29 is 13.2 Å². The molecule has 1 aliphatic carbocycles. The van der Waals surface area contributed by atoms with E-state index in [4.69, 9.17) is 10.5 Å². The van der Waals surface area contributed by atoms with E-state index in [2.05, 4.69) is 4.72 Å². The fourth-order valence-electron chi connectivity index (χ4n) is 2.90. The molecule has 1 aliphatic rings. The van der Waals surface area contributed by atoms with Crippen molar-refractivity contribution in [3.63, 3.8) is 0 Å². The molecule has 0 heterocycles. The molecule has 5 nitrogen and oxygen atoms in total. The van der Waals surface area contributed by atoms with Gasteiger partial charge >= 0.3 is 0 Å². The second-order valence-corrected chi connectivity index (χ2v) is 7.59. The first-order valence-electron chi connectivity index (χ1n) is 7.31. The summed E-state index contributed by atoms with van der Waals surface area (Å²) in [6, 6.07) is 4.81. The van der Waals surface area contributed by atoms with E-state index in [1.165, 1.54) is 6.42 Å². The Hall–Kier alpha value is -1.11. The molecule has 0 spiro atoms. The average Bonchev–Trinajstić information content (AvgIpc) is 2.46. The van der Waals surface area contributed by atoms with E-state index < -0.39 is 10.0 Å². The molecule has 0 atom stereocenters. The highest BCUT2D eigenvalue weighted by Crippen LogP contribution is 2.30. The van der Waals surface area contributed by atoms with Gasteiger partial charge in [-0.25, -0.2) is 13.1 Å². The third-order valence-electron chi connectivity index (χ3n) is 4.12. The number of methoxy groups -OCH3 is 1. The van der Waals surface area contributed by atoms with Gasteiger partial charge in [0.25, 0.3) is 0 Å². The van der Waals surface area contributed by atoms with Crippen LogP contribution in [-0.2, 0) is 16.6 Å². The van der Waals surface area contributed by atoms with Gasteiger partial charge in [0.2, 0.25) is 10.0 Å². The summed E-state index contributed by atoms with van der Waals surface area (Å²) in [7, 11) is -1.99. The third-order valence-corrected chi connectivity index (χ3v) is 5.76. The molecule has 0 unspecified atom stereocenters. The number of hydrogen-bond acceptors (Lipinski definition) is 4. The van der Waals surface area contributed by atoms with Crippen LogP contribution in [0.4, 0.5) is 0 Å². The highest BCUT2D eigenvalue weighted by atomic mass is 32.2. The molecule has 0 aromatic heterocycles. The van der Waals surface area contributed by atoms with Gasteiger partial charge in [0.05, 0.1) is 12.0 Å². The zero-order chi connectivity index (χ0) is 15.5. The SMILES string of the molecule is COc1ccc(S(=O)(=O)NC2(C)CCCCC2)cc1CN. The molecule has 1 fully saturated rings. The van der Waals surface area contributed by atoms with Crippen LogP contribution in [0, 0.1) is 0 Å². The molecule has 0 aliphatic heterocycles. The molecule has 2 rings (SSSR count). The Morgan fingerprint density at radius 2 is 1.95 bits per heavy atom. The Morgan fingerprint density at radius 1 is 1.29 bits per heavy atom. The molecule has 3 N–H and O–H groups in total. The molecular weight excluding hydrogens is 288 g/mol. The van der Waals surface area contributed by atoms with Crippen LogP contribution in [0.5, 0.6) is 5.75 Å². The Bertz CT molecular complexity index is 593. The zero-order valence-electron chi connectivity index (χ0n) is 12.7. The maximum atomic E-state index is 12.6. The lowest BCUT2D eigenvalue weighted by molar-refractivity contribution is 0.294. The van der Waals surface area contributed by atoms with Crippen molar-refractivity contribution in [2.45, 2.75) is 56.0 Å². The van der Waals surface area contributed by atoms with E-state index in [0.717, 1.165) is 25.7 Å². The number of nitrogens with one attached hydrogen (secondary N) is 1. The van der Waals surface area contributed by atoms with Gasteiger partial charge in [-0.1, -0.05) is 19.3 Å². The predicted molar refractivity (Wildman–Crippen MR) is 82.7 cm³/mol. The standard InChI is InChI=1S/C15H24N2O3S/c1-15(8-4-3-5-9-15)17-21(18,19)13-6-7-14(20-2)12(10-13)11-16/h6-7,10,17H,3-5,8-9,11,16H2,1-2H3. The van der Waals surface area contributed by atoms with Crippen molar-refractivity contribution in [2.24, 2.45) is 5.73 Å². The lowest BCUT2D eigenvalue weighted by atomic mass is 9.84. The molecule has 0 amide bonds. The monoisotopic (exact) mass is 312 g/mol. The van der Waals surface area contributed by atoms with Gasteiger partial charge < -0.3 is 10.5 Å². The van der Waals surface area contributed by atoms with Crippen molar-refractivity contribution in [1.82, 2.24) is 4.72 Å². The fourth-order valence-corrected chi connectivity index (χ4v) is 4.41. The smallest absolute Gasteiger partial charge is 0.241 e. The molecule has 0 radical (unpaired) electrons. The summed E-state index contributed by atoms with van der Waals surface area (Å²) in [5.74, 6) is 0.611. The van der Waals surface area contributed by atoms with Crippen LogP contribution in [0.1, 0.15) is 44.6 Å². The quantitative estimate of drug-likeness (QED) is 0.873. The van der Waals surface area contributed by atoms with E-state index in [-0.39, 0.29) is 17.0 Å². The Balaban J connectivity index is 2.27. The number of sulfonamides is 1. The van der Waals surface area contributed by atoms with E-state index in [1.807, 2.05) is 6.92 Å². The van der Waals surface area contributed by atoms with Crippen molar-refractivity contribution in [2.75, 3.05) is 7.11 Å². The van der Waals surface area contributed by atoms with E-state index in [0.29, 0.717) is 11.3 Å². The summed E-state index contributed by atoms with van der Waals surface area (Å²) in [6.07, 6.45) is 5.07. The number of rotatable bonds is 5. The first-order chi connectivity index (χ1) is 9.90. The van der Waals surface area contributed by atoms with Crippen molar-refractivity contribution in [3.05, 3.63) is 23.8 Å². The minimum atomic E-state index is -3.54. The van der Waals surface area contributed by atoms with E-state index in [1.54, 1.807) is 25.3 Å².